The van der Waals surface area contributed by atoms with Gasteiger partial charge >= 0.3 is 0 Å². The number of guanidine groups is 1. The molecule has 0 aromatic heterocycles. The first-order valence-electron chi connectivity index (χ1n) is 7.22. The molecule has 0 atom stereocenters. The fourth-order valence-corrected chi connectivity index (χ4v) is 2.53. The minimum absolute atomic E-state index is 0.228. The lowest BCUT2D eigenvalue weighted by Crippen LogP contribution is -2.40. The van der Waals surface area contributed by atoms with E-state index in [1.807, 2.05) is 0 Å². The fourth-order valence-electron chi connectivity index (χ4n) is 2.53. The van der Waals surface area contributed by atoms with Crippen molar-refractivity contribution in [3.63, 3.8) is 0 Å². The van der Waals surface area contributed by atoms with Crippen molar-refractivity contribution in [3.8, 4) is 0 Å². The molecule has 1 aliphatic carbocycles. The minimum Gasteiger partial charge on any atom is -0.370 e. The van der Waals surface area contributed by atoms with Crippen LogP contribution in [0.15, 0.2) is 35.3 Å². The van der Waals surface area contributed by atoms with Gasteiger partial charge in [-0.25, -0.2) is 0 Å². The topological polar surface area (TPSA) is 50.4 Å². The lowest BCUT2D eigenvalue weighted by Gasteiger charge is -2.41. The zero-order valence-corrected chi connectivity index (χ0v) is 12.0. The Balaban J connectivity index is 1.98. The summed E-state index contributed by atoms with van der Waals surface area (Å²) in [5.41, 5.74) is 7.56. The number of nitrogens with two attached hydrogens (primary N) is 1. The van der Waals surface area contributed by atoms with Gasteiger partial charge < -0.3 is 11.1 Å². The zero-order chi connectivity index (χ0) is 13.7. The summed E-state index contributed by atoms with van der Waals surface area (Å²) in [6, 6.07) is 10.7. The van der Waals surface area contributed by atoms with Crippen molar-refractivity contribution < 1.29 is 0 Å². The van der Waals surface area contributed by atoms with E-state index in [2.05, 4.69) is 54.5 Å². The Morgan fingerprint density at radius 2 is 2.00 bits per heavy atom. The maximum absolute atomic E-state index is 5.92. The van der Waals surface area contributed by atoms with Gasteiger partial charge in [0.15, 0.2) is 5.96 Å². The van der Waals surface area contributed by atoms with Gasteiger partial charge in [0.25, 0.3) is 0 Å². The van der Waals surface area contributed by atoms with Crippen LogP contribution < -0.4 is 11.1 Å². The molecule has 0 unspecified atom stereocenters. The second-order valence-electron chi connectivity index (χ2n) is 5.98. The van der Waals surface area contributed by atoms with E-state index in [-0.39, 0.29) is 5.41 Å². The molecule has 3 nitrogen and oxygen atoms in total. The van der Waals surface area contributed by atoms with E-state index < -0.39 is 0 Å². The molecule has 1 saturated carbocycles. The summed E-state index contributed by atoms with van der Waals surface area (Å²) < 4.78 is 0. The fraction of sp³-hybridized carbons (Fsp3) is 0.562. The van der Waals surface area contributed by atoms with Gasteiger partial charge in [0.05, 0.1) is 6.54 Å². The first-order chi connectivity index (χ1) is 9.12. The van der Waals surface area contributed by atoms with E-state index in [0.717, 1.165) is 13.1 Å². The van der Waals surface area contributed by atoms with Gasteiger partial charge in [-0.05, 0) is 24.3 Å². The highest BCUT2D eigenvalue weighted by atomic mass is 15.1. The molecule has 3 heteroatoms. The predicted octanol–water partition coefficient (Wildman–Crippen LogP) is 2.67. The lowest BCUT2D eigenvalue weighted by molar-refractivity contribution is 0.253. The van der Waals surface area contributed by atoms with Crippen molar-refractivity contribution in [1.29, 1.82) is 0 Å². The molecule has 0 radical (unpaired) electrons. The van der Waals surface area contributed by atoms with Crippen molar-refractivity contribution in [2.24, 2.45) is 16.6 Å². The van der Waals surface area contributed by atoms with Crippen LogP contribution in [0.3, 0.4) is 0 Å². The molecule has 1 aromatic carbocycles. The number of benzene rings is 1. The quantitative estimate of drug-likeness (QED) is 0.631. The van der Waals surface area contributed by atoms with Crippen LogP contribution in [0.2, 0.25) is 0 Å². The average Bonchev–Trinajstić information content (AvgIpc) is 2.36. The van der Waals surface area contributed by atoms with Gasteiger partial charge in [-0.2, -0.15) is 0 Å². The molecular weight excluding hydrogens is 234 g/mol. The Morgan fingerprint density at radius 1 is 1.32 bits per heavy atom. The van der Waals surface area contributed by atoms with E-state index in [0.29, 0.717) is 11.9 Å². The van der Waals surface area contributed by atoms with Crippen LogP contribution in [0.4, 0.5) is 0 Å². The minimum atomic E-state index is 0.228. The van der Waals surface area contributed by atoms with Gasteiger partial charge in [0, 0.05) is 12.0 Å². The molecular formula is C16H25N3. The third kappa shape index (κ3) is 3.49. The van der Waals surface area contributed by atoms with Crippen LogP contribution in [-0.2, 0) is 5.41 Å². The predicted molar refractivity (Wildman–Crippen MR) is 81.3 cm³/mol. The van der Waals surface area contributed by atoms with Crippen LogP contribution in [0, 0.1) is 5.92 Å². The van der Waals surface area contributed by atoms with Crippen molar-refractivity contribution in [2.75, 3.05) is 13.1 Å². The molecule has 3 N–H and O–H groups in total. The van der Waals surface area contributed by atoms with E-state index in [4.69, 9.17) is 5.73 Å². The SMILES string of the molecule is CC(C)CNC(N)=NCC1(c2ccccc2)CCC1. The van der Waals surface area contributed by atoms with Crippen LogP contribution >= 0.6 is 0 Å². The molecule has 0 bridgehead atoms. The number of nitrogens with one attached hydrogen (secondary N) is 1. The molecule has 0 heterocycles. The molecule has 1 aromatic rings. The number of aliphatic imine (C=N–C) groups is 1. The van der Waals surface area contributed by atoms with Crippen molar-refractivity contribution in [3.05, 3.63) is 35.9 Å². The summed E-state index contributed by atoms with van der Waals surface area (Å²) in [6.07, 6.45) is 3.74. The first-order valence-corrected chi connectivity index (χ1v) is 7.22. The van der Waals surface area contributed by atoms with Crippen LogP contribution in [0.1, 0.15) is 38.7 Å². The summed E-state index contributed by atoms with van der Waals surface area (Å²) in [5.74, 6) is 1.16. The molecule has 1 fully saturated rings. The van der Waals surface area contributed by atoms with Gasteiger partial charge in [0.2, 0.25) is 0 Å². The van der Waals surface area contributed by atoms with E-state index in [1.165, 1.54) is 24.8 Å². The summed E-state index contributed by atoms with van der Waals surface area (Å²) in [6.45, 7) is 6.01. The highest BCUT2D eigenvalue weighted by Crippen LogP contribution is 2.43. The second-order valence-corrected chi connectivity index (χ2v) is 5.98. The second kappa shape index (κ2) is 6.09. The third-order valence-corrected chi connectivity index (χ3v) is 3.94. The maximum Gasteiger partial charge on any atom is 0.188 e. The Hall–Kier alpha value is -1.51. The van der Waals surface area contributed by atoms with E-state index in [9.17, 15) is 0 Å². The Kier molecular flexibility index (Phi) is 4.46. The molecule has 19 heavy (non-hydrogen) atoms. The van der Waals surface area contributed by atoms with Gasteiger partial charge in [-0.3, -0.25) is 4.99 Å². The zero-order valence-electron chi connectivity index (χ0n) is 12.0. The van der Waals surface area contributed by atoms with Crippen molar-refractivity contribution >= 4 is 5.96 Å². The van der Waals surface area contributed by atoms with Gasteiger partial charge in [-0.15, -0.1) is 0 Å². The van der Waals surface area contributed by atoms with Crippen molar-refractivity contribution in [1.82, 2.24) is 5.32 Å². The van der Waals surface area contributed by atoms with Crippen molar-refractivity contribution in [2.45, 2.75) is 38.5 Å². The normalized spacial score (nSPS) is 18.2. The molecule has 104 valence electrons. The van der Waals surface area contributed by atoms with E-state index >= 15 is 0 Å². The number of rotatable bonds is 5. The summed E-state index contributed by atoms with van der Waals surface area (Å²) in [7, 11) is 0. The Morgan fingerprint density at radius 3 is 2.53 bits per heavy atom. The monoisotopic (exact) mass is 259 g/mol. The summed E-state index contributed by atoms with van der Waals surface area (Å²) in [5, 5.41) is 3.18. The summed E-state index contributed by atoms with van der Waals surface area (Å²) >= 11 is 0. The summed E-state index contributed by atoms with van der Waals surface area (Å²) in [4.78, 5) is 4.55. The number of nitrogens with zero attached hydrogens (tertiary/aromatic N) is 1. The third-order valence-electron chi connectivity index (χ3n) is 3.94. The standard InChI is InChI=1S/C16H25N3/c1-13(2)11-18-15(17)19-12-16(9-6-10-16)14-7-4-3-5-8-14/h3-5,7-8,13H,6,9-12H2,1-2H3,(H3,17,18,19). The molecule has 1 aliphatic rings. The Bertz CT molecular complexity index is 419. The smallest absolute Gasteiger partial charge is 0.188 e. The number of hydrogen-bond acceptors (Lipinski definition) is 1. The molecule has 2 rings (SSSR count). The molecule has 0 aliphatic heterocycles. The molecule has 0 amide bonds. The van der Waals surface area contributed by atoms with Gasteiger partial charge in [-0.1, -0.05) is 50.6 Å². The highest BCUT2D eigenvalue weighted by Gasteiger charge is 2.38. The van der Waals surface area contributed by atoms with Crippen LogP contribution in [-0.4, -0.2) is 19.0 Å². The largest absolute Gasteiger partial charge is 0.370 e. The van der Waals surface area contributed by atoms with E-state index in [1.54, 1.807) is 0 Å². The molecule has 0 spiro atoms. The van der Waals surface area contributed by atoms with Gasteiger partial charge in [0.1, 0.15) is 0 Å². The highest BCUT2D eigenvalue weighted by molar-refractivity contribution is 5.77. The molecule has 0 saturated heterocycles. The van der Waals surface area contributed by atoms with Crippen LogP contribution in [0.5, 0.6) is 0 Å². The average molecular weight is 259 g/mol. The first kappa shape index (κ1) is 13.9. The van der Waals surface area contributed by atoms with Crippen LogP contribution in [0.25, 0.3) is 0 Å². The Labute approximate surface area is 116 Å². The number of hydrogen-bond donors (Lipinski definition) is 2. The lowest BCUT2D eigenvalue weighted by atomic mass is 9.64. The maximum atomic E-state index is 5.92.